The zero-order valence-electron chi connectivity index (χ0n) is 11.3. The molecule has 0 fully saturated rings. The Bertz CT molecular complexity index is 663. The summed E-state index contributed by atoms with van der Waals surface area (Å²) >= 11 is 11.0. The van der Waals surface area contributed by atoms with Gasteiger partial charge >= 0.3 is 0 Å². The fourth-order valence-corrected chi connectivity index (χ4v) is 4.03. The van der Waals surface area contributed by atoms with Crippen molar-refractivity contribution in [3.8, 4) is 0 Å². The van der Waals surface area contributed by atoms with Crippen LogP contribution in [0.1, 0.15) is 40.2 Å². The summed E-state index contributed by atoms with van der Waals surface area (Å²) in [5.74, 6) is -0.217. The predicted molar refractivity (Wildman–Crippen MR) is 90.5 cm³/mol. The molecule has 0 bridgehead atoms. The molecule has 0 spiro atoms. The van der Waals surface area contributed by atoms with Crippen molar-refractivity contribution in [1.29, 1.82) is 0 Å². The molecule has 3 nitrogen and oxygen atoms in total. The number of nitrogens with zero attached hydrogens (tertiary/aromatic N) is 1. The third kappa shape index (κ3) is 3.47. The fourth-order valence-electron chi connectivity index (χ4n) is 2.42. The van der Waals surface area contributed by atoms with E-state index in [4.69, 9.17) is 11.6 Å². The van der Waals surface area contributed by atoms with Crippen LogP contribution in [0.15, 0.2) is 22.7 Å². The minimum atomic E-state index is -0.217. The first kappa shape index (κ1) is 15.0. The number of rotatable bonds is 2. The minimum Gasteiger partial charge on any atom is -0.298 e. The van der Waals surface area contributed by atoms with Crippen molar-refractivity contribution in [1.82, 2.24) is 4.98 Å². The van der Waals surface area contributed by atoms with E-state index in [1.54, 1.807) is 23.5 Å². The Morgan fingerprint density at radius 1 is 1.29 bits per heavy atom. The number of benzene rings is 1. The number of nitrogens with one attached hydrogen (secondary N) is 1. The van der Waals surface area contributed by atoms with Crippen molar-refractivity contribution < 1.29 is 4.79 Å². The molecule has 3 rings (SSSR count). The van der Waals surface area contributed by atoms with E-state index >= 15 is 0 Å². The molecule has 6 heteroatoms. The number of carbonyl (C=O) groups excluding carboxylic acids is 1. The van der Waals surface area contributed by atoms with Gasteiger partial charge < -0.3 is 0 Å². The van der Waals surface area contributed by atoms with Crippen LogP contribution >= 0.6 is 38.9 Å². The number of hydrogen-bond acceptors (Lipinski definition) is 3. The largest absolute Gasteiger partial charge is 0.298 e. The van der Waals surface area contributed by atoms with Gasteiger partial charge in [-0.3, -0.25) is 10.1 Å². The maximum Gasteiger partial charge on any atom is 0.258 e. The molecule has 0 unspecified atom stereocenters. The van der Waals surface area contributed by atoms with Crippen LogP contribution in [-0.4, -0.2) is 10.9 Å². The third-order valence-corrected chi connectivity index (χ3v) is 5.38. The van der Waals surface area contributed by atoms with Gasteiger partial charge in [-0.1, -0.05) is 34.0 Å². The number of hydrogen-bond donors (Lipinski definition) is 1. The first-order valence-corrected chi connectivity index (χ1v) is 8.87. The van der Waals surface area contributed by atoms with Crippen LogP contribution in [0, 0.1) is 0 Å². The van der Waals surface area contributed by atoms with Gasteiger partial charge in [0.25, 0.3) is 5.91 Å². The van der Waals surface area contributed by atoms with E-state index in [-0.39, 0.29) is 5.91 Å². The highest BCUT2D eigenvalue weighted by molar-refractivity contribution is 9.10. The average molecular weight is 386 g/mol. The van der Waals surface area contributed by atoms with Crippen LogP contribution in [0.25, 0.3) is 0 Å². The molecular weight excluding hydrogens is 372 g/mol. The van der Waals surface area contributed by atoms with Crippen LogP contribution in [0.4, 0.5) is 5.13 Å². The molecule has 1 N–H and O–H groups in total. The van der Waals surface area contributed by atoms with Gasteiger partial charge in [0.2, 0.25) is 0 Å². The number of anilines is 1. The quantitative estimate of drug-likeness (QED) is 0.732. The lowest BCUT2D eigenvalue weighted by Crippen LogP contribution is -2.12. The van der Waals surface area contributed by atoms with Crippen molar-refractivity contribution in [2.45, 2.75) is 32.1 Å². The van der Waals surface area contributed by atoms with Crippen molar-refractivity contribution >= 4 is 49.9 Å². The van der Waals surface area contributed by atoms with Crippen molar-refractivity contribution in [2.75, 3.05) is 5.32 Å². The highest BCUT2D eigenvalue weighted by atomic mass is 79.9. The number of thiazole rings is 1. The van der Waals surface area contributed by atoms with Gasteiger partial charge in [0, 0.05) is 9.35 Å². The predicted octanol–water partition coefficient (Wildman–Crippen LogP) is 5.08. The van der Waals surface area contributed by atoms with E-state index in [0.717, 1.165) is 23.0 Å². The SMILES string of the molecule is O=C(Nc1nc2c(s1)CCCCC2)c1cc(Br)ccc1Cl. The smallest absolute Gasteiger partial charge is 0.258 e. The summed E-state index contributed by atoms with van der Waals surface area (Å²) in [4.78, 5) is 18.2. The fraction of sp³-hybridized carbons (Fsp3) is 0.333. The van der Waals surface area contributed by atoms with E-state index < -0.39 is 0 Å². The summed E-state index contributed by atoms with van der Waals surface area (Å²) in [5.41, 5.74) is 1.60. The van der Waals surface area contributed by atoms with E-state index in [1.807, 2.05) is 6.07 Å². The number of aromatic nitrogens is 1. The molecule has 21 heavy (non-hydrogen) atoms. The number of fused-ring (bicyclic) bond motifs is 1. The maximum absolute atomic E-state index is 12.3. The Morgan fingerprint density at radius 3 is 2.95 bits per heavy atom. The third-order valence-electron chi connectivity index (χ3n) is 3.49. The zero-order chi connectivity index (χ0) is 14.8. The Balaban J connectivity index is 1.80. The first-order valence-electron chi connectivity index (χ1n) is 6.88. The molecule has 1 aliphatic carbocycles. The van der Waals surface area contributed by atoms with Crippen molar-refractivity contribution in [3.63, 3.8) is 0 Å². The summed E-state index contributed by atoms with van der Waals surface area (Å²) < 4.78 is 0.826. The van der Waals surface area contributed by atoms with Crippen LogP contribution in [0.5, 0.6) is 0 Å². The lowest BCUT2D eigenvalue weighted by molar-refractivity contribution is 0.102. The van der Waals surface area contributed by atoms with Crippen LogP contribution in [-0.2, 0) is 12.8 Å². The molecular formula is C15H14BrClN2OS. The summed E-state index contributed by atoms with van der Waals surface area (Å²) in [7, 11) is 0. The summed E-state index contributed by atoms with van der Waals surface area (Å²) in [6.07, 6.45) is 5.74. The van der Waals surface area contributed by atoms with E-state index in [0.29, 0.717) is 15.7 Å². The van der Waals surface area contributed by atoms with E-state index in [1.165, 1.54) is 24.1 Å². The van der Waals surface area contributed by atoms with Gasteiger partial charge in [0.05, 0.1) is 16.3 Å². The molecule has 1 amide bonds. The Labute approximate surface area is 140 Å². The topological polar surface area (TPSA) is 42.0 Å². The Morgan fingerprint density at radius 2 is 2.10 bits per heavy atom. The summed E-state index contributed by atoms with van der Waals surface area (Å²) in [6, 6.07) is 5.23. The summed E-state index contributed by atoms with van der Waals surface area (Å²) in [6.45, 7) is 0. The van der Waals surface area contributed by atoms with Crippen molar-refractivity contribution in [2.24, 2.45) is 0 Å². The van der Waals surface area contributed by atoms with Gasteiger partial charge in [-0.2, -0.15) is 0 Å². The van der Waals surface area contributed by atoms with Crippen LogP contribution in [0.3, 0.4) is 0 Å². The van der Waals surface area contributed by atoms with E-state index in [9.17, 15) is 4.79 Å². The highest BCUT2D eigenvalue weighted by Crippen LogP contribution is 2.30. The first-order chi connectivity index (χ1) is 10.1. The number of aryl methyl sites for hydroxylation is 2. The monoisotopic (exact) mass is 384 g/mol. The van der Waals surface area contributed by atoms with Gasteiger partial charge in [-0.15, -0.1) is 11.3 Å². The van der Waals surface area contributed by atoms with Crippen molar-refractivity contribution in [3.05, 3.63) is 43.8 Å². The lowest BCUT2D eigenvalue weighted by Gasteiger charge is -2.04. The van der Waals surface area contributed by atoms with Gasteiger partial charge in [0.1, 0.15) is 0 Å². The minimum absolute atomic E-state index is 0.217. The second-order valence-corrected chi connectivity index (χ2v) is 7.43. The van der Waals surface area contributed by atoms with Crippen LogP contribution in [0.2, 0.25) is 5.02 Å². The normalized spacial score (nSPS) is 14.4. The Kier molecular flexibility index (Phi) is 4.62. The molecule has 110 valence electrons. The van der Waals surface area contributed by atoms with Crippen LogP contribution < -0.4 is 5.32 Å². The average Bonchev–Trinajstić information content (AvgIpc) is 2.70. The summed E-state index contributed by atoms with van der Waals surface area (Å²) in [5, 5.41) is 3.98. The molecule has 0 radical (unpaired) electrons. The molecule has 2 aromatic rings. The number of halogens is 2. The molecule has 0 saturated carbocycles. The second kappa shape index (κ2) is 6.46. The molecule has 1 aliphatic rings. The molecule has 1 aromatic carbocycles. The van der Waals surface area contributed by atoms with Gasteiger partial charge in [0.15, 0.2) is 5.13 Å². The number of carbonyl (C=O) groups is 1. The lowest BCUT2D eigenvalue weighted by atomic mass is 10.2. The Hall–Kier alpha value is -0.910. The van der Waals surface area contributed by atoms with Gasteiger partial charge in [-0.25, -0.2) is 4.98 Å². The molecule has 0 atom stereocenters. The molecule has 1 aromatic heterocycles. The second-order valence-electron chi connectivity index (χ2n) is 5.03. The standard InChI is InChI=1S/C15H14BrClN2OS/c16-9-6-7-11(17)10(8-9)14(20)19-15-18-12-4-2-1-3-5-13(12)21-15/h6-8H,1-5H2,(H,18,19,20). The molecule has 0 saturated heterocycles. The molecule has 0 aliphatic heterocycles. The van der Waals surface area contributed by atoms with Gasteiger partial charge in [-0.05, 0) is 43.9 Å². The number of amides is 1. The van der Waals surface area contributed by atoms with E-state index in [2.05, 4.69) is 26.2 Å². The zero-order valence-corrected chi connectivity index (χ0v) is 14.4. The molecule has 1 heterocycles. The highest BCUT2D eigenvalue weighted by Gasteiger charge is 2.17. The maximum atomic E-state index is 12.3.